The lowest BCUT2D eigenvalue weighted by atomic mass is 9.85. The summed E-state index contributed by atoms with van der Waals surface area (Å²) in [6.07, 6.45) is 11.2. The van der Waals surface area contributed by atoms with Crippen LogP contribution in [-0.4, -0.2) is 116 Å². The zero-order valence-corrected chi connectivity index (χ0v) is 42.4. The molecule has 11 rings (SSSR count). The highest BCUT2D eigenvalue weighted by atomic mass is 32.1. The molecule has 7 unspecified atom stereocenters. The van der Waals surface area contributed by atoms with Gasteiger partial charge < -0.3 is 44.0 Å². The Hall–Kier alpha value is -6.15. The van der Waals surface area contributed by atoms with E-state index >= 15 is 4.39 Å². The molecule has 4 aliphatic heterocycles. The largest absolute Gasteiger partial charge is 0.464 e. The number of imidazole rings is 2. The van der Waals surface area contributed by atoms with Gasteiger partial charge in [0.25, 0.3) is 0 Å². The van der Waals surface area contributed by atoms with Crippen molar-refractivity contribution in [2.24, 2.45) is 11.8 Å². The Kier molecular flexibility index (Phi) is 13.2. The smallest absolute Gasteiger partial charge is 0.407 e. The van der Waals surface area contributed by atoms with Crippen molar-refractivity contribution in [1.82, 2.24) is 49.9 Å². The quantitative estimate of drug-likeness (QED) is 0.0761. The summed E-state index contributed by atoms with van der Waals surface area (Å²) in [5, 5.41) is 8.08. The molecule has 2 aromatic carbocycles. The Bertz CT molecular complexity index is 2990. The van der Waals surface area contributed by atoms with Crippen LogP contribution in [0.15, 0.2) is 55.0 Å². The fraction of sp³-hybridized carbons (Fsp3) is 0.509. The summed E-state index contributed by atoms with van der Waals surface area (Å²) in [6, 6.07) is 9.86. The Balaban J connectivity index is 0.891. The molecule has 3 amide bonds. The number of hydrogen-bond donors (Lipinski definition) is 4. The number of H-pyrrole nitrogens is 2. The summed E-state index contributed by atoms with van der Waals surface area (Å²) in [6.45, 7) is 9.34. The van der Waals surface area contributed by atoms with Crippen LogP contribution >= 0.6 is 11.3 Å². The molecule has 8 heterocycles. The number of ether oxygens (including phenoxy) is 4. The van der Waals surface area contributed by atoms with Crippen molar-refractivity contribution < 1.29 is 37.7 Å². The van der Waals surface area contributed by atoms with Crippen LogP contribution in [0.2, 0.25) is 0 Å². The van der Waals surface area contributed by atoms with Crippen molar-refractivity contribution in [2.45, 2.75) is 128 Å². The van der Waals surface area contributed by atoms with E-state index in [1.54, 1.807) is 29.5 Å². The molecule has 17 nitrogen and oxygen atoms in total. The first-order chi connectivity index (χ1) is 34.9. The highest BCUT2D eigenvalue weighted by molar-refractivity contribution is 7.11. The normalized spacial score (nSPS) is 23.8. The molecule has 19 heteroatoms. The average molecular weight is 1000 g/mol. The van der Waals surface area contributed by atoms with Gasteiger partial charge >= 0.3 is 6.09 Å². The Morgan fingerprint density at radius 3 is 2.19 bits per heavy atom. The number of aromatic nitrogens is 6. The molecule has 4 aromatic heterocycles. The first-order valence-corrected chi connectivity index (χ1v) is 26.2. The standard InChI is InChI=1S/C53H63FN10O7S/c1-27(2)45(61-53(67)69-6)50(65)62-15-7-9-39(62)48-56-24-37(60-48)32-20-35(54)44-41-21-33-19-31(13-14-38(33)64(41)52(71-42(44)22-32)43-25-57-49(72-43)30-11-12-30)36-23-55-47(59-36)40-10-8-16-63(40)51(66)46(58-26-68-5)34-17-28(3)70-29(4)18-34/h13-14,19-25,27-30,34,39-40,45-46,52,58H,7-12,15-18,26H2,1-6H3,(H,55,59)(H,56,60)(H,61,67). The number of methoxy groups -OCH3 is 2. The van der Waals surface area contributed by atoms with E-state index < -0.39 is 30.2 Å². The van der Waals surface area contributed by atoms with E-state index in [4.69, 9.17) is 33.9 Å². The SMILES string of the molecule is COCNC(C(=O)N1CCCC1c1ncc(-c2ccc3c(c2)cc2n3C(c3cnc(C4CC4)s3)Oc3cc(-c4cnc(C5CCCN5C(=O)C(NC(=O)OC)C(C)C)[nH]4)cc(F)c3-2)[nH]1)C1CC(C)OC(C)C1. The number of thiazole rings is 1. The maximum absolute atomic E-state index is 17.0. The predicted molar refractivity (Wildman–Crippen MR) is 268 cm³/mol. The van der Waals surface area contributed by atoms with Crippen LogP contribution in [-0.2, 0) is 23.8 Å². The number of benzene rings is 2. The summed E-state index contributed by atoms with van der Waals surface area (Å²) in [7, 11) is 2.91. The van der Waals surface area contributed by atoms with E-state index in [0.29, 0.717) is 59.5 Å². The minimum absolute atomic E-state index is 0.0619. The number of carbonyl (C=O) groups excluding carboxylic acids is 3. The van der Waals surface area contributed by atoms with Crippen LogP contribution < -0.4 is 15.4 Å². The predicted octanol–water partition coefficient (Wildman–Crippen LogP) is 8.97. The number of amides is 3. The second kappa shape index (κ2) is 19.7. The van der Waals surface area contributed by atoms with Crippen molar-refractivity contribution in [2.75, 3.05) is 34.0 Å². The monoisotopic (exact) mass is 1000 g/mol. The van der Waals surface area contributed by atoms with E-state index in [1.165, 1.54) is 13.2 Å². The number of carbonyl (C=O) groups is 3. The third-order valence-electron chi connectivity index (χ3n) is 15.2. The van der Waals surface area contributed by atoms with Crippen LogP contribution in [0.1, 0.15) is 125 Å². The van der Waals surface area contributed by atoms with Gasteiger partial charge in [0.2, 0.25) is 18.0 Å². The molecule has 1 saturated carbocycles. The molecule has 0 spiro atoms. The lowest BCUT2D eigenvalue weighted by Crippen LogP contribution is -2.53. The van der Waals surface area contributed by atoms with Gasteiger partial charge in [-0.05, 0) is 107 Å². The molecule has 4 N–H and O–H groups in total. The molecule has 7 atom stereocenters. The van der Waals surface area contributed by atoms with Crippen molar-refractivity contribution >= 4 is 40.1 Å². The average Bonchev–Trinajstić information content (AvgIpc) is 4.09. The van der Waals surface area contributed by atoms with Crippen LogP contribution in [0.3, 0.4) is 0 Å². The van der Waals surface area contributed by atoms with Crippen molar-refractivity contribution in [1.29, 1.82) is 0 Å². The molecule has 0 radical (unpaired) electrons. The van der Waals surface area contributed by atoms with E-state index in [-0.39, 0.29) is 54.7 Å². The maximum atomic E-state index is 17.0. The number of likely N-dealkylation sites (tertiary alicyclic amines) is 2. The zero-order chi connectivity index (χ0) is 49.9. The topological polar surface area (TPSA) is 194 Å². The fourth-order valence-corrected chi connectivity index (χ4v) is 12.7. The van der Waals surface area contributed by atoms with Crippen molar-refractivity contribution in [3.8, 4) is 39.5 Å². The molecule has 4 fully saturated rings. The molecule has 1 aliphatic carbocycles. The number of alkyl carbamates (subject to hydrolysis) is 1. The van der Waals surface area contributed by atoms with Crippen molar-refractivity contribution in [3.05, 3.63) is 82.3 Å². The molecular weight excluding hydrogens is 940 g/mol. The highest BCUT2D eigenvalue weighted by Gasteiger charge is 2.42. The number of nitrogens with zero attached hydrogens (tertiary/aromatic N) is 6. The Morgan fingerprint density at radius 1 is 0.861 bits per heavy atom. The van der Waals surface area contributed by atoms with Crippen LogP contribution in [0.4, 0.5) is 9.18 Å². The first kappa shape index (κ1) is 48.1. The van der Waals surface area contributed by atoms with Crippen LogP contribution in [0.25, 0.3) is 44.7 Å². The number of halogens is 1. The number of fused-ring (bicyclic) bond motifs is 5. The molecule has 72 heavy (non-hydrogen) atoms. The number of hydrogen-bond acceptors (Lipinski definition) is 12. The number of aromatic amines is 2. The molecule has 380 valence electrons. The maximum Gasteiger partial charge on any atom is 0.407 e. The molecule has 6 aromatic rings. The first-order valence-electron chi connectivity index (χ1n) is 25.4. The Labute approximate surface area is 421 Å². The lowest BCUT2D eigenvalue weighted by molar-refractivity contribution is -0.139. The van der Waals surface area contributed by atoms with Gasteiger partial charge in [0.1, 0.15) is 29.3 Å². The van der Waals surface area contributed by atoms with Crippen molar-refractivity contribution in [3.63, 3.8) is 0 Å². The number of nitrogens with one attached hydrogen (secondary N) is 4. The molecule has 3 saturated heterocycles. The second-order valence-corrected chi connectivity index (χ2v) is 21.6. The summed E-state index contributed by atoms with van der Waals surface area (Å²) in [4.78, 5) is 66.5. The van der Waals surface area contributed by atoms with E-state index in [9.17, 15) is 14.4 Å². The molecule has 5 aliphatic rings. The van der Waals surface area contributed by atoms with Gasteiger partial charge in [-0.15, -0.1) is 11.3 Å². The van der Waals surface area contributed by atoms with Gasteiger partial charge in [0.05, 0.1) is 94.6 Å². The third-order valence-corrected chi connectivity index (χ3v) is 16.4. The summed E-state index contributed by atoms with van der Waals surface area (Å²) >= 11 is 1.64. The van der Waals surface area contributed by atoms with E-state index in [2.05, 4.69) is 51.1 Å². The van der Waals surface area contributed by atoms with E-state index in [1.807, 2.05) is 49.3 Å². The van der Waals surface area contributed by atoms with Gasteiger partial charge in [0.15, 0.2) is 0 Å². The zero-order valence-electron chi connectivity index (χ0n) is 41.6. The number of rotatable bonds is 14. The van der Waals surface area contributed by atoms with Gasteiger partial charge in [-0.25, -0.2) is 24.1 Å². The lowest BCUT2D eigenvalue weighted by Gasteiger charge is -2.38. The minimum atomic E-state index is -0.767. The third kappa shape index (κ3) is 9.06. The van der Waals surface area contributed by atoms with Gasteiger partial charge in [0, 0.05) is 48.8 Å². The van der Waals surface area contributed by atoms with Gasteiger partial charge in [-0.1, -0.05) is 19.9 Å². The highest BCUT2D eigenvalue weighted by Crippen LogP contribution is 2.50. The van der Waals surface area contributed by atoms with E-state index in [0.717, 1.165) is 82.8 Å². The Morgan fingerprint density at radius 2 is 1.54 bits per heavy atom. The summed E-state index contributed by atoms with van der Waals surface area (Å²) in [5.41, 5.74) is 4.77. The summed E-state index contributed by atoms with van der Waals surface area (Å²) in [5.74, 6) is 1.52. The molecule has 0 bridgehead atoms. The van der Waals surface area contributed by atoms with Gasteiger partial charge in [-0.3, -0.25) is 19.5 Å². The second-order valence-electron chi connectivity index (χ2n) is 20.6. The fourth-order valence-electron chi connectivity index (χ4n) is 11.6. The van der Waals surface area contributed by atoms with Gasteiger partial charge in [-0.2, -0.15) is 0 Å². The van der Waals surface area contributed by atoms with Crippen LogP contribution in [0, 0.1) is 17.7 Å². The molecular formula is C53H63FN10O7S. The van der Waals surface area contributed by atoms with Crippen LogP contribution in [0.5, 0.6) is 5.75 Å². The minimum Gasteiger partial charge on any atom is -0.464 e. The summed E-state index contributed by atoms with van der Waals surface area (Å²) < 4.78 is 42.2.